The molecular weight excluding hydrogens is 254 g/mol. The van der Waals surface area contributed by atoms with Crippen molar-refractivity contribution < 1.29 is 14.6 Å². The zero-order valence-corrected chi connectivity index (χ0v) is 10.7. The van der Waals surface area contributed by atoms with Crippen molar-refractivity contribution in [2.45, 2.75) is 0 Å². The van der Waals surface area contributed by atoms with E-state index in [0.29, 0.717) is 11.5 Å². The molecule has 0 bridgehead atoms. The molecule has 0 spiro atoms. The fourth-order valence-electron chi connectivity index (χ4n) is 1.21. The Morgan fingerprint density at radius 3 is 2.94 bits per heavy atom. The molecule has 0 radical (unpaired) electrons. The van der Waals surface area contributed by atoms with Crippen LogP contribution in [0.1, 0.15) is 5.56 Å². The summed E-state index contributed by atoms with van der Waals surface area (Å²) in [5, 5.41) is 12.6. The van der Waals surface area contributed by atoms with Crippen LogP contribution in [-0.4, -0.2) is 36.8 Å². The van der Waals surface area contributed by atoms with E-state index in [0.717, 1.165) is 5.56 Å². The minimum Gasteiger partial charge on any atom is -0.493 e. The first-order valence-corrected chi connectivity index (χ1v) is 5.58. The van der Waals surface area contributed by atoms with Crippen LogP contribution >= 0.6 is 12.2 Å². The van der Waals surface area contributed by atoms with E-state index in [4.69, 9.17) is 20.3 Å². The maximum atomic E-state index is 8.69. The number of nitrogens with zero attached hydrogens (tertiary/aromatic N) is 1. The number of nitrogens with two attached hydrogens (primary N) is 1. The maximum Gasteiger partial charge on any atom is 0.184 e. The summed E-state index contributed by atoms with van der Waals surface area (Å²) in [6.07, 6.45) is 1.55. The van der Waals surface area contributed by atoms with E-state index in [1.54, 1.807) is 24.4 Å². The van der Waals surface area contributed by atoms with E-state index in [1.807, 2.05) is 0 Å². The first-order valence-electron chi connectivity index (χ1n) is 5.17. The highest BCUT2D eigenvalue weighted by molar-refractivity contribution is 7.80. The van der Waals surface area contributed by atoms with Gasteiger partial charge in [0, 0.05) is 0 Å². The van der Waals surface area contributed by atoms with Gasteiger partial charge >= 0.3 is 0 Å². The monoisotopic (exact) mass is 269 g/mol. The standard InChI is InChI=1S/C11H15N3O3S/c1-16-10-6-8(7-13-14-11(12)18)2-3-9(10)17-5-4-15/h2-3,6-7,15H,4-5H2,1H3,(H3,12,14,18)/b13-7-. The van der Waals surface area contributed by atoms with Crippen molar-refractivity contribution in [2.24, 2.45) is 10.8 Å². The van der Waals surface area contributed by atoms with Gasteiger partial charge in [-0.3, -0.25) is 5.43 Å². The molecule has 1 aromatic carbocycles. The van der Waals surface area contributed by atoms with Crippen molar-refractivity contribution in [1.82, 2.24) is 5.43 Å². The molecule has 1 rings (SSSR count). The van der Waals surface area contributed by atoms with Crippen molar-refractivity contribution in [3.63, 3.8) is 0 Å². The zero-order valence-electron chi connectivity index (χ0n) is 9.92. The molecular formula is C11H15N3O3S. The number of hydrazone groups is 1. The second kappa shape index (κ2) is 7.46. The molecule has 7 heteroatoms. The van der Waals surface area contributed by atoms with Gasteiger partial charge in [0.05, 0.1) is 19.9 Å². The number of ether oxygens (including phenoxy) is 2. The Hall–Kier alpha value is -1.86. The number of aliphatic hydroxyl groups is 1. The second-order valence-corrected chi connectivity index (χ2v) is 3.66. The third-order valence-corrected chi connectivity index (χ3v) is 2.02. The SMILES string of the molecule is COc1cc(/C=N\NC(N)=S)ccc1OCCO. The minimum absolute atomic E-state index is 0.0514. The molecule has 0 aliphatic rings. The molecule has 0 aliphatic carbocycles. The van der Waals surface area contributed by atoms with Crippen molar-refractivity contribution >= 4 is 23.5 Å². The van der Waals surface area contributed by atoms with E-state index in [2.05, 4.69) is 22.7 Å². The van der Waals surface area contributed by atoms with Crippen LogP contribution in [0.25, 0.3) is 0 Å². The number of thiocarbonyl (C=S) groups is 1. The summed E-state index contributed by atoms with van der Waals surface area (Å²) in [4.78, 5) is 0. The fourth-order valence-corrected chi connectivity index (χ4v) is 1.26. The zero-order chi connectivity index (χ0) is 13.4. The van der Waals surface area contributed by atoms with Gasteiger partial charge in [-0.25, -0.2) is 0 Å². The summed E-state index contributed by atoms with van der Waals surface area (Å²) < 4.78 is 10.5. The van der Waals surface area contributed by atoms with Gasteiger partial charge < -0.3 is 20.3 Å². The van der Waals surface area contributed by atoms with Gasteiger partial charge in [-0.15, -0.1) is 0 Å². The molecule has 0 saturated heterocycles. The lowest BCUT2D eigenvalue weighted by atomic mass is 10.2. The quantitative estimate of drug-likeness (QED) is 0.389. The Labute approximate surface area is 110 Å². The number of methoxy groups -OCH3 is 1. The molecule has 98 valence electrons. The topological polar surface area (TPSA) is 89.1 Å². The van der Waals surface area contributed by atoms with E-state index in [1.165, 1.54) is 7.11 Å². The third kappa shape index (κ3) is 4.56. The molecule has 0 aliphatic heterocycles. The molecule has 1 aromatic rings. The van der Waals surface area contributed by atoms with Crippen molar-refractivity contribution in [3.05, 3.63) is 23.8 Å². The Bertz CT molecular complexity index is 438. The molecule has 0 fully saturated rings. The number of hydrogen-bond acceptors (Lipinski definition) is 5. The predicted octanol–water partition coefficient (Wildman–Crippen LogP) is 0.233. The lowest BCUT2D eigenvalue weighted by Gasteiger charge is -2.10. The van der Waals surface area contributed by atoms with E-state index in [9.17, 15) is 0 Å². The molecule has 0 unspecified atom stereocenters. The minimum atomic E-state index is -0.0514. The van der Waals surface area contributed by atoms with Crippen molar-refractivity contribution in [1.29, 1.82) is 0 Å². The molecule has 0 heterocycles. The second-order valence-electron chi connectivity index (χ2n) is 3.22. The average Bonchev–Trinajstić information content (AvgIpc) is 2.36. The highest BCUT2D eigenvalue weighted by atomic mass is 32.1. The smallest absolute Gasteiger partial charge is 0.184 e. The first kappa shape index (κ1) is 14.2. The maximum absolute atomic E-state index is 8.69. The molecule has 0 atom stereocenters. The first-order chi connectivity index (χ1) is 8.67. The Morgan fingerprint density at radius 2 is 2.33 bits per heavy atom. The predicted molar refractivity (Wildman–Crippen MR) is 73.1 cm³/mol. The summed E-state index contributed by atoms with van der Waals surface area (Å²) in [6.45, 7) is 0.164. The van der Waals surface area contributed by atoms with Crippen molar-refractivity contribution in [3.8, 4) is 11.5 Å². The van der Waals surface area contributed by atoms with Crippen LogP contribution in [0.2, 0.25) is 0 Å². The average molecular weight is 269 g/mol. The van der Waals surface area contributed by atoms with Crippen LogP contribution in [0.4, 0.5) is 0 Å². The number of benzene rings is 1. The molecule has 18 heavy (non-hydrogen) atoms. The number of hydrogen-bond donors (Lipinski definition) is 3. The van der Waals surface area contributed by atoms with E-state index >= 15 is 0 Å². The highest BCUT2D eigenvalue weighted by Gasteiger charge is 2.04. The van der Waals surface area contributed by atoms with E-state index in [-0.39, 0.29) is 18.3 Å². The number of aliphatic hydroxyl groups excluding tert-OH is 1. The van der Waals surface area contributed by atoms with Crippen LogP contribution in [0.3, 0.4) is 0 Å². The van der Waals surface area contributed by atoms with Crippen LogP contribution in [0, 0.1) is 0 Å². The summed E-state index contributed by atoms with van der Waals surface area (Å²) in [7, 11) is 1.54. The summed E-state index contributed by atoms with van der Waals surface area (Å²) in [5.41, 5.74) is 8.48. The Kier molecular flexibility index (Phi) is 5.89. The van der Waals surface area contributed by atoms with Crippen molar-refractivity contribution in [2.75, 3.05) is 20.3 Å². The lowest BCUT2D eigenvalue weighted by molar-refractivity contribution is 0.196. The van der Waals surface area contributed by atoms with Gasteiger partial charge in [0.25, 0.3) is 0 Å². The van der Waals surface area contributed by atoms with Gasteiger partial charge in [-0.1, -0.05) is 0 Å². The normalized spacial score (nSPS) is 10.3. The van der Waals surface area contributed by atoms with Gasteiger partial charge in [0.1, 0.15) is 6.61 Å². The van der Waals surface area contributed by atoms with Crippen LogP contribution in [0.15, 0.2) is 23.3 Å². The van der Waals surface area contributed by atoms with Crippen LogP contribution in [0.5, 0.6) is 11.5 Å². The molecule has 0 amide bonds. The highest BCUT2D eigenvalue weighted by Crippen LogP contribution is 2.27. The van der Waals surface area contributed by atoms with Gasteiger partial charge in [-0.2, -0.15) is 5.10 Å². The fraction of sp³-hybridized carbons (Fsp3) is 0.273. The Balaban J connectivity index is 2.77. The van der Waals surface area contributed by atoms with Crippen LogP contribution in [-0.2, 0) is 0 Å². The molecule has 6 nitrogen and oxygen atoms in total. The summed E-state index contributed by atoms with van der Waals surface area (Å²) in [5.74, 6) is 1.12. The van der Waals surface area contributed by atoms with Crippen LogP contribution < -0.4 is 20.6 Å². The van der Waals surface area contributed by atoms with Gasteiger partial charge in [-0.05, 0) is 36.0 Å². The Morgan fingerprint density at radius 1 is 1.56 bits per heavy atom. The van der Waals surface area contributed by atoms with E-state index < -0.39 is 0 Å². The summed E-state index contributed by atoms with van der Waals surface area (Å²) in [6, 6.07) is 5.27. The number of nitrogens with one attached hydrogen (secondary N) is 1. The summed E-state index contributed by atoms with van der Waals surface area (Å²) >= 11 is 4.61. The molecule has 0 aromatic heterocycles. The molecule has 4 N–H and O–H groups in total. The largest absolute Gasteiger partial charge is 0.493 e. The number of rotatable bonds is 6. The van der Waals surface area contributed by atoms with Gasteiger partial charge in [0.15, 0.2) is 16.6 Å². The van der Waals surface area contributed by atoms with Gasteiger partial charge in [0.2, 0.25) is 0 Å². The lowest BCUT2D eigenvalue weighted by Crippen LogP contribution is -2.23. The third-order valence-electron chi connectivity index (χ3n) is 1.92. The molecule has 0 saturated carbocycles.